The Morgan fingerprint density at radius 3 is 2.71 bits per heavy atom. The third kappa shape index (κ3) is 4.75. The van der Waals surface area contributed by atoms with Gasteiger partial charge in [0.25, 0.3) is 10.8 Å². The highest BCUT2D eigenvalue weighted by molar-refractivity contribution is 7.20. The monoisotopic (exact) mass is 419 g/mol. The lowest BCUT2D eigenvalue weighted by atomic mass is 10.2. The number of hydrogen-bond donors (Lipinski definition) is 2. The number of rotatable bonds is 6. The van der Waals surface area contributed by atoms with Gasteiger partial charge in [-0.15, -0.1) is 11.3 Å². The van der Waals surface area contributed by atoms with Crippen LogP contribution in [0.3, 0.4) is 0 Å². The van der Waals surface area contributed by atoms with Crippen LogP contribution in [0.2, 0.25) is 0 Å². The predicted molar refractivity (Wildman–Crippen MR) is 93.9 cm³/mol. The molecule has 8 nitrogen and oxygen atoms in total. The third-order valence-corrected chi connectivity index (χ3v) is 5.33. The van der Waals surface area contributed by atoms with E-state index in [1.807, 2.05) is 0 Å². The second kappa shape index (κ2) is 8.37. The number of hydrogen-bond acceptors (Lipinski definition) is 6. The fraction of sp³-hybridized carbons (Fsp3) is 0.500. The molecule has 12 heteroatoms. The molecule has 1 aliphatic rings. The number of benzene rings is 1. The second-order valence-corrected chi connectivity index (χ2v) is 7.20. The summed E-state index contributed by atoms with van der Waals surface area (Å²) in [6.45, 7) is 4.20. The third-order valence-electron chi connectivity index (χ3n) is 4.24. The molecule has 0 atom stereocenters. The molecule has 1 aromatic heterocycles. The number of halogens is 3. The minimum absolute atomic E-state index is 0.00367. The standard InChI is InChI=1S/C16H17F3N4O4S/c17-16(18,19)10-8-11-13(12(9-10)23(25)26)28-15(21-11)14(24)20-2-1-3-22-4-6-27-7-5-22/h8-9H,1-7H2,(H-,20,24,25,26)/p+1. The van der Waals surface area contributed by atoms with Crippen LogP contribution < -0.4 is 5.32 Å². The van der Waals surface area contributed by atoms with E-state index in [1.165, 1.54) is 0 Å². The van der Waals surface area contributed by atoms with Crippen molar-refractivity contribution < 1.29 is 32.8 Å². The fourth-order valence-corrected chi connectivity index (χ4v) is 3.78. The van der Waals surface area contributed by atoms with Crippen molar-refractivity contribution in [1.29, 1.82) is 0 Å². The Labute approximate surface area is 161 Å². The zero-order valence-corrected chi connectivity index (χ0v) is 15.5. The largest absolute Gasteiger partial charge is 0.416 e. The van der Waals surface area contributed by atoms with E-state index in [2.05, 4.69) is 15.2 Å². The van der Waals surface area contributed by atoms with Gasteiger partial charge in [-0.1, -0.05) is 0 Å². The number of fused-ring (bicyclic) bond motifs is 1. The minimum Gasteiger partial charge on any atom is -0.379 e. The molecule has 0 saturated carbocycles. The van der Waals surface area contributed by atoms with Gasteiger partial charge in [0.1, 0.15) is 4.70 Å². The van der Waals surface area contributed by atoms with Crippen molar-refractivity contribution in [3.05, 3.63) is 27.6 Å². The van der Waals surface area contributed by atoms with Crippen molar-refractivity contribution in [1.82, 2.24) is 15.2 Å². The summed E-state index contributed by atoms with van der Waals surface area (Å²) >= 11 is 0.747. The lowest BCUT2D eigenvalue weighted by Gasteiger charge is -2.26. The molecule has 1 aromatic carbocycles. The number of ether oxygens (including phenoxy) is 1. The molecule has 2 heterocycles. The van der Waals surface area contributed by atoms with Gasteiger partial charge in [-0.2, -0.15) is 13.2 Å². The highest BCUT2D eigenvalue weighted by Crippen LogP contribution is 2.38. The van der Waals surface area contributed by atoms with Gasteiger partial charge in [-0.25, -0.2) is 10.2 Å². The van der Waals surface area contributed by atoms with Crippen LogP contribution in [0.1, 0.15) is 21.8 Å². The van der Waals surface area contributed by atoms with Gasteiger partial charge in [-0.05, 0) is 19.0 Å². The number of carbonyl (C=O) groups is 1. The molecule has 0 aliphatic carbocycles. The van der Waals surface area contributed by atoms with Crippen molar-refractivity contribution in [3.8, 4) is 0 Å². The number of thiazole rings is 1. The molecule has 1 saturated heterocycles. The Kier molecular flexibility index (Phi) is 6.10. The maximum atomic E-state index is 13.0. The summed E-state index contributed by atoms with van der Waals surface area (Å²) in [6, 6.07) is 1.27. The first kappa shape index (κ1) is 20.4. The van der Waals surface area contributed by atoms with Crippen molar-refractivity contribution in [2.24, 2.45) is 0 Å². The molecular formula is C16H18F3N4O4S+. The predicted octanol–water partition coefficient (Wildman–Crippen LogP) is 2.57. The van der Waals surface area contributed by atoms with Crippen molar-refractivity contribution in [2.45, 2.75) is 12.6 Å². The second-order valence-electron chi connectivity index (χ2n) is 6.20. The summed E-state index contributed by atoms with van der Waals surface area (Å²) in [7, 11) is 0. The number of morpholine rings is 1. The van der Waals surface area contributed by atoms with Gasteiger partial charge in [0.05, 0.1) is 29.2 Å². The fourth-order valence-electron chi connectivity index (χ4n) is 2.82. The first-order chi connectivity index (χ1) is 13.3. The van der Waals surface area contributed by atoms with Crippen LogP contribution in [0.25, 0.3) is 10.2 Å². The van der Waals surface area contributed by atoms with Crippen LogP contribution >= 0.6 is 11.3 Å². The van der Waals surface area contributed by atoms with Gasteiger partial charge in [0.15, 0.2) is 5.01 Å². The summed E-state index contributed by atoms with van der Waals surface area (Å²) in [5, 5.41) is 11.7. The summed E-state index contributed by atoms with van der Waals surface area (Å²) < 4.78 is 44.2. The molecule has 1 aliphatic heterocycles. The normalized spacial score (nSPS) is 15.7. The van der Waals surface area contributed by atoms with Gasteiger partial charge in [0.2, 0.25) is 0 Å². The lowest BCUT2D eigenvalue weighted by Crippen LogP contribution is -2.38. The van der Waals surface area contributed by atoms with Gasteiger partial charge < -0.3 is 10.1 Å². The highest BCUT2D eigenvalue weighted by atomic mass is 32.1. The zero-order valence-electron chi connectivity index (χ0n) is 14.7. The summed E-state index contributed by atoms with van der Waals surface area (Å²) in [6.07, 6.45) is -4.02. The number of aromatic nitrogens is 1. The molecule has 0 spiro atoms. The SMILES string of the molecule is O=C(NCCCN1CCOCC1)c1nc2cc(C(F)(F)F)cc([N+](=O)O)c2s1. The molecule has 152 valence electrons. The van der Waals surface area contributed by atoms with Crippen molar-refractivity contribution >= 4 is 33.1 Å². The average molecular weight is 419 g/mol. The van der Waals surface area contributed by atoms with E-state index in [9.17, 15) is 22.9 Å². The van der Waals surface area contributed by atoms with Gasteiger partial charge in [-0.3, -0.25) is 9.69 Å². The summed E-state index contributed by atoms with van der Waals surface area (Å²) in [5.74, 6) is -0.543. The Balaban J connectivity index is 1.69. The average Bonchev–Trinajstić information content (AvgIpc) is 3.08. The molecule has 0 bridgehead atoms. The summed E-state index contributed by atoms with van der Waals surface area (Å²) in [4.78, 5) is 29.0. The number of carbonyl (C=O) groups excluding carboxylic acids is 1. The van der Waals surface area contributed by atoms with E-state index in [1.54, 1.807) is 0 Å². The molecule has 0 unspecified atom stereocenters. The van der Waals surface area contributed by atoms with Gasteiger partial charge in [0, 0.05) is 25.7 Å². The van der Waals surface area contributed by atoms with Crippen LogP contribution in [0.15, 0.2) is 12.1 Å². The molecule has 28 heavy (non-hydrogen) atoms. The smallest absolute Gasteiger partial charge is 0.379 e. The van der Waals surface area contributed by atoms with Gasteiger partial charge >= 0.3 is 11.9 Å². The summed E-state index contributed by atoms with van der Waals surface area (Å²) in [5.41, 5.74) is -1.91. The lowest BCUT2D eigenvalue weighted by molar-refractivity contribution is -0.728. The maximum absolute atomic E-state index is 13.0. The maximum Gasteiger partial charge on any atom is 0.416 e. The Bertz CT molecular complexity index is 881. The van der Waals surface area contributed by atoms with E-state index in [4.69, 9.17) is 9.94 Å². The molecule has 1 fully saturated rings. The van der Waals surface area contributed by atoms with E-state index in [0.717, 1.165) is 37.0 Å². The minimum atomic E-state index is -4.72. The van der Waals surface area contributed by atoms with Crippen molar-refractivity contribution in [2.75, 3.05) is 39.4 Å². The number of amides is 1. The molecule has 3 rings (SSSR count). The zero-order chi connectivity index (χ0) is 20.3. The van der Waals surface area contributed by atoms with E-state index in [0.29, 0.717) is 32.2 Å². The first-order valence-corrected chi connectivity index (χ1v) is 9.33. The first-order valence-electron chi connectivity index (χ1n) is 8.52. The Hall–Kier alpha value is -2.31. The Morgan fingerprint density at radius 1 is 1.36 bits per heavy atom. The molecule has 2 aromatic rings. The quantitative estimate of drug-likeness (QED) is 0.552. The highest BCUT2D eigenvalue weighted by Gasteiger charge is 2.35. The van der Waals surface area contributed by atoms with Crippen LogP contribution in [-0.2, 0) is 10.9 Å². The molecule has 1 amide bonds. The van der Waals surface area contributed by atoms with Crippen LogP contribution in [0, 0.1) is 4.91 Å². The van der Waals surface area contributed by atoms with E-state index >= 15 is 0 Å². The Morgan fingerprint density at radius 2 is 2.07 bits per heavy atom. The number of nitrogens with one attached hydrogen (secondary N) is 1. The number of nitrogens with zero attached hydrogens (tertiary/aromatic N) is 3. The van der Waals surface area contributed by atoms with E-state index < -0.39 is 28.3 Å². The van der Waals surface area contributed by atoms with E-state index in [-0.39, 0.29) is 15.2 Å². The topological polar surface area (TPSA) is 94.8 Å². The van der Waals surface area contributed by atoms with Crippen LogP contribution in [-0.4, -0.2) is 65.3 Å². The molecular weight excluding hydrogens is 401 g/mol. The van der Waals surface area contributed by atoms with Crippen molar-refractivity contribution in [3.63, 3.8) is 0 Å². The number of alkyl halides is 3. The van der Waals surface area contributed by atoms with Crippen LogP contribution in [0.4, 0.5) is 18.9 Å². The van der Waals surface area contributed by atoms with Crippen LogP contribution in [0.5, 0.6) is 0 Å². The molecule has 0 radical (unpaired) electrons. The molecule has 2 N–H and O–H groups in total.